The number of benzene rings is 1. The maximum Gasteiger partial charge on any atom is 0.335 e. The zero-order valence-electron chi connectivity index (χ0n) is 24.8. The van der Waals surface area contributed by atoms with Crippen LogP contribution < -0.4 is 14.8 Å². The van der Waals surface area contributed by atoms with E-state index < -0.39 is 64.8 Å². The number of ether oxygens (including phenoxy) is 4. The number of nitrogens with one attached hydrogen (secondary N) is 1. The third kappa shape index (κ3) is 3.23. The summed E-state index contributed by atoms with van der Waals surface area (Å²) in [4.78, 5) is 11.7. The van der Waals surface area contributed by atoms with Gasteiger partial charge in [0.05, 0.1) is 5.60 Å². The van der Waals surface area contributed by atoms with Crippen LogP contribution in [0.2, 0.25) is 0 Å². The Morgan fingerprint density at radius 1 is 1.07 bits per heavy atom. The summed E-state index contributed by atoms with van der Waals surface area (Å²) in [7, 11) is 1.72. The van der Waals surface area contributed by atoms with E-state index in [0.717, 1.165) is 49.8 Å². The molecule has 1 aromatic rings. The summed E-state index contributed by atoms with van der Waals surface area (Å²) in [6.45, 7) is 8.92. The van der Waals surface area contributed by atoms with Crippen LogP contribution in [0.1, 0.15) is 64.5 Å². The topological polar surface area (TPSA) is 167 Å². The van der Waals surface area contributed by atoms with Crippen molar-refractivity contribution in [1.29, 1.82) is 0 Å². The van der Waals surface area contributed by atoms with E-state index in [9.17, 15) is 30.3 Å². The average molecular weight is 590 g/mol. The second-order valence-corrected chi connectivity index (χ2v) is 14.7. The highest BCUT2D eigenvalue weighted by molar-refractivity contribution is 5.73. The molecule has 4 bridgehead atoms. The molecule has 3 saturated carbocycles. The number of aliphatic carboxylic acids is 1. The van der Waals surface area contributed by atoms with Crippen molar-refractivity contribution in [3.8, 4) is 11.5 Å². The molecule has 1 aromatic carbocycles. The summed E-state index contributed by atoms with van der Waals surface area (Å²) in [5, 5.41) is 56.8. The van der Waals surface area contributed by atoms with Crippen LogP contribution in [0.4, 0.5) is 0 Å². The number of aliphatic hydroxyl groups excluding tert-OH is 3. The second kappa shape index (κ2) is 8.80. The summed E-state index contributed by atoms with van der Waals surface area (Å²) < 4.78 is 25.1. The van der Waals surface area contributed by atoms with Crippen molar-refractivity contribution in [3.05, 3.63) is 23.3 Å². The maximum absolute atomic E-state index is 12.2. The fourth-order valence-electron chi connectivity index (χ4n) is 9.88. The molecule has 4 aliphatic carbocycles. The molecule has 5 fully saturated rings. The number of rotatable bonds is 5. The van der Waals surface area contributed by atoms with Crippen LogP contribution in [-0.4, -0.2) is 99.2 Å². The number of hydrogen-bond acceptors (Lipinski definition) is 10. The molecule has 6 N–H and O–H groups in total. The number of piperidine rings is 1. The van der Waals surface area contributed by atoms with E-state index in [1.165, 1.54) is 0 Å². The lowest BCUT2D eigenvalue weighted by atomic mass is 9.33. The zero-order valence-corrected chi connectivity index (χ0v) is 24.8. The van der Waals surface area contributed by atoms with Gasteiger partial charge in [-0.3, -0.25) is 0 Å². The molecule has 11 heteroatoms. The minimum atomic E-state index is -1.81. The molecular formula is C31H43NO10. The van der Waals surface area contributed by atoms with Gasteiger partial charge in [-0.25, -0.2) is 4.79 Å². The third-order valence-corrected chi connectivity index (χ3v) is 12.4. The van der Waals surface area contributed by atoms with Gasteiger partial charge in [0.1, 0.15) is 30.0 Å². The highest BCUT2D eigenvalue weighted by Gasteiger charge is 2.81. The molecule has 8 rings (SSSR count). The van der Waals surface area contributed by atoms with Crippen molar-refractivity contribution in [2.24, 2.45) is 16.7 Å². The summed E-state index contributed by atoms with van der Waals surface area (Å²) in [6, 6.07) is 3.94. The minimum absolute atomic E-state index is 0.192. The van der Waals surface area contributed by atoms with Crippen molar-refractivity contribution in [2.75, 3.05) is 13.7 Å². The van der Waals surface area contributed by atoms with Gasteiger partial charge in [-0.15, -0.1) is 0 Å². The first-order chi connectivity index (χ1) is 19.7. The lowest BCUT2D eigenvalue weighted by Crippen LogP contribution is -2.83. The van der Waals surface area contributed by atoms with E-state index in [4.69, 9.17) is 18.9 Å². The Kier molecular flexibility index (Phi) is 6.03. The van der Waals surface area contributed by atoms with Gasteiger partial charge in [0.2, 0.25) is 6.29 Å². The van der Waals surface area contributed by atoms with Gasteiger partial charge < -0.3 is 49.8 Å². The predicted molar refractivity (Wildman–Crippen MR) is 147 cm³/mol. The largest absolute Gasteiger partial charge is 0.482 e. The Morgan fingerprint density at radius 3 is 2.48 bits per heavy atom. The molecule has 7 aliphatic rings. The Labute approximate surface area is 245 Å². The van der Waals surface area contributed by atoms with Gasteiger partial charge in [0.25, 0.3) is 0 Å². The summed E-state index contributed by atoms with van der Waals surface area (Å²) in [5.41, 5.74) is -0.637. The molecule has 3 heterocycles. The van der Waals surface area contributed by atoms with Gasteiger partial charge in [-0.2, -0.15) is 0 Å². The predicted octanol–water partition coefficient (Wildman–Crippen LogP) is 0.857. The van der Waals surface area contributed by atoms with E-state index in [1.54, 1.807) is 13.2 Å². The fraction of sp³-hybridized carbons (Fsp3) is 0.774. The molecule has 11 nitrogen and oxygen atoms in total. The molecular weight excluding hydrogens is 546 g/mol. The molecule has 232 valence electrons. The van der Waals surface area contributed by atoms with E-state index in [1.807, 2.05) is 13.0 Å². The van der Waals surface area contributed by atoms with E-state index in [-0.39, 0.29) is 23.1 Å². The Bertz CT molecular complexity index is 1310. The van der Waals surface area contributed by atoms with Gasteiger partial charge in [0.15, 0.2) is 17.6 Å². The molecule has 0 aromatic heterocycles. The molecule has 0 unspecified atom stereocenters. The van der Waals surface area contributed by atoms with Crippen molar-refractivity contribution >= 4 is 5.97 Å². The zero-order chi connectivity index (χ0) is 30.2. The lowest BCUT2D eigenvalue weighted by Gasteiger charge is -2.74. The molecule has 0 radical (unpaired) electrons. The molecule has 0 amide bonds. The quantitative estimate of drug-likeness (QED) is 0.288. The molecule has 3 aliphatic heterocycles. The van der Waals surface area contributed by atoms with Crippen LogP contribution in [0.5, 0.6) is 11.5 Å². The van der Waals surface area contributed by atoms with Crippen LogP contribution in [0.15, 0.2) is 12.1 Å². The Balaban J connectivity index is 1.36. The SMILES string of the molecule is CO[C@]12CC[C@@]3(C[C@@H]1[C@](C)(O)C(C)(C)C)[C@H]1Cc4ccc(O[C@@H]5O[C@H](C(=O)O)[C@@H](O)[C@H](O)[C@@H]5O)c5c4[C@@]3(CCN1)[C@H]2O5. The second-order valence-electron chi connectivity index (χ2n) is 14.7. The van der Waals surface area contributed by atoms with Crippen LogP contribution in [0, 0.1) is 16.7 Å². The van der Waals surface area contributed by atoms with Gasteiger partial charge >= 0.3 is 5.97 Å². The van der Waals surface area contributed by atoms with E-state index in [0.29, 0.717) is 5.75 Å². The average Bonchev–Trinajstić information content (AvgIpc) is 3.30. The van der Waals surface area contributed by atoms with Crippen molar-refractivity contribution in [3.63, 3.8) is 0 Å². The van der Waals surface area contributed by atoms with Crippen molar-refractivity contribution < 1.29 is 49.3 Å². The van der Waals surface area contributed by atoms with Crippen LogP contribution >= 0.6 is 0 Å². The first kappa shape index (κ1) is 28.8. The summed E-state index contributed by atoms with van der Waals surface area (Å²) in [5.74, 6) is -0.895. The molecule has 2 saturated heterocycles. The number of carboxylic acid groups (broad SMARTS) is 1. The minimum Gasteiger partial charge on any atom is -0.482 e. The van der Waals surface area contributed by atoms with Gasteiger partial charge in [-0.1, -0.05) is 26.8 Å². The highest BCUT2D eigenvalue weighted by Crippen LogP contribution is 2.77. The normalized spacial score (nSPS) is 46.4. The van der Waals surface area contributed by atoms with E-state index in [2.05, 4.69) is 26.1 Å². The number of carbonyl (C=O) groups is 1. The number of methoxy groups -OCH3 is 1. The Hall–Kier alpha value is -1.99. The van der Waals surface area contributed by atoms with Crippen molar-refractivity contribution in [1.82, 2.24) is 5.32 Å². The van der Waals surface area contributed by atoms with Crippen LogP contribution in [0.3, 0.4) is 0 Å². The van der Waals surface area contributed by atoms with Crippen molar-refractivity contribution in [2.45, 2.75) is 119 Å². The monoisotopic (exact) mass is 589 g/mol. The third-order valence-electron chi connectivity index (χ3n) is 12.4. The number of aliphatic hydroxyl groups is 4. The standard InChI is InChI=1S/C31H43NO10/c1-27(2,3)28(4,38)16-13-29-8-9-31(16,39-5)26-30(29)10-11-32-17(29)12-14-6-7-15(22(42-26)18(14)30)40-25-21(35)19(33)20(34)23(41-25)24(36)37/h6-7,16-17,19-21,23,25-26,32-35,38H,8-13H2,1-5H3,(H,36,37)/t16-,17-,19+,20+,21+,23+,25-,26-,28+,29-,30+,31-/m1/s1. The number of carboxylic acids is 1. The van der Waals surface area contributed by atoms with Crippen LogP contribution in [0.25, 0.3) is 0 Å². The summed E-state index contributed by atoms with van der Waals surface area (Å²) in [6.07, 6.45) is -4.97. The first-order valence-electron chi connectivity index (χ1n) is 15.1. The lowest BCUT2D eigenvalue weighted by molar-refractivity contribution is -0.303. The van der Waals surface area contributed by atoms with Gasteiger partial charge in [0, 0.05) is 35.5 Å². The number of hydrogen-bond donors (Lipinski definition) is 6. The smallest absolute Gasteiger partial charge is 0.335 e. The first-order valence-corrected chi connectivity index (χ1v) is 15.1. The van der Waals surface area contributed by atoms with Gasteiger partial charge in [-0.05, 0) is 62.6 Å². The van der Waals surface area contributed by atoms with E-state index >= 15 is 0 Å². The molecule has 2 spiro atoms. The molecule has 12 atom stereocenters. The summed E-state index contributed by atoms with van der Waals surface area (Å²) >= 11 is 0. The fourth-order valence-corrected chi connectivity index (χ4v) is 9.88. The Morgan fingerprint density at radius 2 is 1.81 bits per heavy atom. The van der Waals surface area contributed by atoms with Crippen LogP contribution in [-0.2, 0) is 26.1 Å². The molecule has 42 heavy (non-hydrogen) atoms. The number of fused-ring (bicyclic) bond motifs is 2. The maximum atomic E-state index is 12.2. The highest BCUT2D eigenvalue weighted by atomic mass is 16.7.